The van der Waals surface area contributed by atoms with Gasteiger partial charge >= 0.3 is 6.09 Å². The number of hydrogen-bond donors (Lipinski definition) is 2. The zero-order valence-corrected chi connectivity index (χ0v) is 11.0. The lowest BCUT2D eigenvalue weighted by atomic mass is 9.74. The maximum atomic E-state index is 11.3. The highest BCUT2D eigenvalue weighted by molar-refractivity contribution is 5.66. The van der Waals surface area contributed by atoms with E-state index in [1.54, 1.807) is 4.90 Å². The molecule has 1 aromatic rings. The van der Waals surface area contributed by atoms with Crippen molar-refractivity contribution in [3.8, 4) is 0 Å². The van der Waals surface area contributed by atoms with Crippen molar-refractivity contribution in [3.05, 3.63) is 35.9 Å². The summed E-state index contributed by atoms with van der Waals surface area (Å²) in [5.41, 5.74) is 1.24. The Morgan fingerprint density at radius 3 is 2.58 bits per heavy atom. The number of amides is 1. The minimum Gasteiger partial charge on any atom is -0.465 e. The highest BCUT2D eigenvalue weighted by atomic mass is 16.4. The number of nitrogens with one attached hydrogen (secondary N) is 1. The molecule has 1 saturated carbocycles. The van der Waals surface area contributed by atoms with Gasteiger partial charge in [0, 0.05) is 6.54 Å². The molecule has 2 fully saturated rings. The second-order valence-corrected chi connectivity index (χ2v) is 5.70. The molecular formula is C15H20N2O2. The van der Waals surface area contributed by atoms with Gasteiger partial charge in [0.05, 0.1) is 12.2 Å². The van der Waals surface area contributed by atoms with Crippen LogP contribution in [-0.4, -0.2) is 34.9 Å². The lowest BCUT2D eigenvalue weighted by Crippen LogP contribution is -2.50. The lowest BCUT2D eigenvalue weighted by molar-refractivity contribution is 0.0807. The largest absolute Gasteiger partial charge is 0.465 e. The van der Waals surface area contributed by atoms with Crippen molar-refractivity contribution >= 4 is 6.09 Å². The van der Waals surface area contributed by atoms with E-state index in [9.17, 15) is 9.90 Å². The second-order valence-electron chi connectivity index (χ2n) is 5.70. The standard InChI is InChI=1S/C15H20N2O2/c18-14(19)17-11-16-10-15(17)8-6-13(7-9-15)12-4-2-1-3-5-12/h1-5,13,16H,6-11H2,(H,18,19). The second kappa shape index (κ2) is 4.85. The summed E-state index contributed by atoms with van der Waals surface area (Å²) >= 11 is 0. The maximum absolute atomic E-state index is 11.3. The third-order valence-electron chi connectivity index (χ3n) is 4.71. The molecule has 1 aliphatic carbocycles. The van der Waals surface area contributed by atoms with E-state index in [1.807, 2.05) is 6.07 Å². The first-order valence-corrected chi connectivity index (χ1v) is 6.97. The fourth-order valence-electron chi connectivity index (χ4n) is 3.59. The van der Waals surface area contributed by atoms with Crippen LogP contribution < -0.4 is 5.32 Å². The summed E-state index contributed by atoms with van der Waals surface area (Å²) in [6.45, 7) is 1.28. The molecule has 0 aromatic heterocycles. The molecule has 2 aliphatic rings. The number of carbonyl (C=O) groups is 1. The highest BCUT2D eigenvalue weighted by Gasteiger charge is 2.45. The average molecular weight is 260 g/mol. The zero-order valence-electron chi connectivity index (χ0n) is 11.0. The molecule has 0 atom stereocenters. The molecule has 1 heterocycles. The molecule has 102 valence electrons. The topological polar surface area (TPSA) is 52.6 Å². The van der Waals surface area contributed by atoms with Crippen LogP contribution in [0.5, 0.6) is 0 Å². The van der Waals surface area contributed by atoms with Gasteiger partial charge in [-0.1, -0.05) is 30.3 Å². The number of carboxylic acid groups (broad SMARTS) is 1. The van der Waals surface area contributed by atoms with Gasteiger partial charge in [0.25, 0.3) is 0 Å². The molecule has 4 heteroatoms. The molecule has 4 nitrogen and oxygen atoms in total. The molecule has 19 heavy (non-hydrogen) atoms. The van der Waals surface area contributed by atoms with Crippen molar-refractivity contribution < 1.29 is 9.90 Å². The van der Waals surface area contributed by atoms with E-state index in [1.165, 1.54) is 5.56 Å². The van der Waals surface area contributed by atoms with E-state index in [4.69, 9.17) is 0 Å². The molecule has 2 N–H and O–H groups in total. The first-order chi connectivity index (χ1) is 9.21. The van der Waals surface area contributed by atoms with Gasteiger partial charge in [-0.15, -0.1) is 0 Å². The fourth-order valence-corrected chi connectivity index (χ4v) is 3.59. The predicted octanol–water partition coefficient (Wildman–Crippen LogP) is 2.62. The molecule has 0 bridgehead atoms. The molecule has 1 saturated heterocycles. The Hall–Kier alpha value is -1.55. The monoisotopic (exact) mass is 260 g/mol. The van der Waals surface area contributed by atoms with Crippen molar-refractivity contribution in [1.82, 2.24) is 10.2 Å². The van der Waals surface area contributed by atoms with Gasteiger partial charge < -0.3 is 5.11 Å². The summed E-state index contributed by atoms with van der Waals surface area (Å²) in [5.74, 6) is 0.586. The molecular weight excluding hydrogens is 240 g/mol. The van der Waals surface area contributed by atoms with Gasteiger partial charge in [-0.3, -0.25) is 10.2 Å². The van der Waals surface area contributed by atoms with Crippen molar-refractivity contribution in [1.29, 1.82) is 0 Å². The molecule has 1 amide bonds. The first kappa shape index (κ1) is 12.5. The number of hydrogen-bond acceptors (Lipinski definition) is 2. The van der Waals surface area contributed by atoms with Crippen LogP contribution in [0, 0.1) is 0 Å². The van der Waals surface area contributed by atoms with E-state index in [2.05, 4.69) is 29.6 Å². The Morgan fingerprint density at radius 2 is 1.95 bits per heavy atom. The van der Waals surface area contributed by atoms with Crippen molar-refractivity contribution in [2.75, 3.05) is 13.2 Å². The van der Waals surface area contributed by atoms with Crippen molar-refractivity contribution in [2.24, 2.45) is 0 Å². The maximum Gasteiger partial charge on any atom is 0.408 e. The van der Waals surface area contributed by atoms with Crippen LogP contribution in [0.2, 0.25) is 0 Å². The lowest BCUT2D eigenvalue weighted by Gasteiger charge is -2.41. The summed E-state index contributed by atoms with van der Waals surface area (Å²) in [6, 6.07) is 10.6. The van der Waals surface area contributed by atoms with Gasteiger partial charge in [-0.25, -0.2) is 4.79 Å². The van der Waals surface area contributed by atoms with Crippen molar-refractivity contribution in [2.45, 2.75) is 37.1 Å². The summed E-state index contributed by atoms with van der Waals surface area (Å²) in [6.07, 6.45) is 3.30. The Balaban J connectivity index is 1.71. The van der Waals surface area contributed by atoms with E-state index in [0.29, 0.717) is 12.6 Å². The Labute approximate surface area is 113 Å². The minimum atomic E-state index is -0.789. The third kappa shape index (κ3) is 2.21. The summed E-state index contributed by atoms with van der Waals surface area (Å²) in [5, 5.41) is 12.5. The molecule has 1 spiro atoms. The van der Waals surface area contributed by atoms with Gasteiger partial charge in [0.15, 0.2) is 0 Å². The molecule has 1 aliphatic heterocycles. The number of benzene rings is 1. The van der Waals surface area contributed by atoms with Crippen LogP contribution in [0.25, 0.3) is 0 Å². The van der Waals surface area contributed by atoms with Crippen LogP contribution in [0.1, 0.15) is 37.2 Å². The van der Waals surface area contributed by atoms with Gasteiger partial charge in [0.1, 0.15) is 0 Å². The Bertz CT molecular complexity index is 452. The normalized spacial score (nSPS) is 30.7. The van der Waals surface area contributed by atoms with Gasteiger partial charge in [0.2, 0.25) is 0 Å². The van der Waals surface area contributed by atoms with Crippen LogP contribution in [0.3, 0.4) is 0 Å². The highest BCUT2D eigenvalue weighted by Crippen LogP contribution is 2.42. The predicted molar refractivity (Wildman–Crippen MR) is 73.1 cm³/mol. The Kier molecular flexibility index (Phi) is 3.19. The quantitative estimate of drug-likeness (QED) is 0.816. The summed E-state index contributed by atoms with van der Waals surface area (Å²) in [4.78, 5) is 12.9. The van der Waals surface area contributed by atoms with E-state index in [-0.39, 0.29) is 5.54 Å². The fraction of sp³-hybridized carbons (Fsp3) is 0.533. The summed E-state index contributed by atoms with van der Waals surface area (Å²) < 4.78 is 0. The molecule has 0 radical (unpaired) electrons. The van der Waals surface area contributed by atoms with Gasteiger partial charge in [-0.05, 0) is 37.2 Å². The molecule has 1 aromatic carbocycles. The smallest absolute Gasteiger partial charge is 0.408 e. The molecule has 0 unspecified atom stereocenters. The summed E-state index contributed by atoms with van der Waals surface area (Å²) in [7, 11) is 0. The average Bonchev–Trinajstić information content (AvgIpc) is 2.84. The van der Waals surface area contributed by atoms with E-state index < -0.39 is 6.09 Å². The van der Waals surface area contributed by atoms with Crippen molar-refractivity contribution in [3.63, 3.8) is 0 Å². The Morgan fingerprint density at radius 1 is 1.26 bits per heavy atom. The number of rotatable bonds is 1. The van der Waals surface area contributed by atoms with E-state index >= 15 is 0 Å². The first-order valence-electron chi connectivity index (χ1n) is 6.97. The van der Waals surface area contributed by atoms with Crippen LogP contribution in [-0.2, 0) is 0 Å². The van der Waals surface area contributed by atoms with Gasteiger partial charge in [-0.2, -0.15) is 0 Å². The van der Waals surface area contributed by atoms with Crippen LogP contribution in [0.15, 0.2) is 30.3 Å². The van der Waals surface area contributed by atoms with Crippen LogP contribution in [0.4, 0.5) is 4.79 Å². The zero-order chi connectivity index (χ0) is 13.3. The molecule has 3 rings (SSSR count). The SMILES string of the molecule is O=C(O)N1CNCC12CCC(c1ccccc1)CC2. The minimum absolute atomic E-state index is 0.156. The number of nitrogens with zero attached hydrogens (tertiary/aromatic N) is 1. The van der Waals surface area contributed by atoms with E-state index in [0.717, 1.165) is 32.2 Å². The third-order valence-corrected chi connectivity index (χ3v) is 4.71. The van der Waals surface area contributed by atoms with Crippen LogP contribution >= 0.6 is 0 Å².